The minimum atomic E-state index is -0.140. The summed E-state index contributed by atoms with van der Waals surface area (Å²) >= 11 is 6.82. The van der Waals surface area contributed by atoms with Gasteiger partial charge in [-0.05, 0) is 46.3 Å². The zero-order valence-corrected chi connectivity index (χ0v) is 14.3. The van der Waals surface area contributed by atoms with Gasteiger partial charge in [0.2, 0.25) is 0 Å². The van der Waals surface area contributed by atoms with Crippen LogP contribution in [-0.4, -0.2) is 20.0 Å². The third-order valence-corrected chi connectivity index (χ3v) is 3.99. The van der Waals surface area contributed by atoms with Gasteiger partial charge in [0.1, 0.15) is 0 Å². The highest BCUT2D eigenvalue weighted by Gasteiger charge is 2.13. The lowest BCUT2D eigenvalue weighted by atomic mass is 10.2. The Morgan fingerprint density at radius 1 is 1.10 bits per heavy atom. The Balaban J connectivity index is 2.33. The van der Waals surface area contributed by atoms with Gasteiger partial charge in [0, 0.05) is 23.0 Å². The molecule has 0 unspecified atom stereocenters. The van der Waals surface area contributed by atoms with E-state index in [9.17, 15) is 4.79 Å². The van der Waals surface area contributed by atoms with Crippen molar-refractivity contribution in [3.63, 3.8) is 0 Å². The topological polar surface area (TPSA) is 32.3 Å². The molecular formula is C15H14Br2N2O. The SMILES string of the molecule is CN(C)c1ccc(Br)cc1NC(=O)c1ccccc1Br. The van der Waals surface area contributed by atoms with Crippen molar-refractivity contribution in [3.05, 3.63) is 57.0 Å². The van der Waals surface area contributed by atoms with Crippen molar-refractivity contribution in [1.29, 1.82) is 0 Å². The average molecular weight is 398 g/mol. The summed E-state index contributed by atoms with van der Waals surface area (Å²) in [6, 6.07) is 13.2. The van der Waals surface area contributed by atoms with E-state index in [0.29, 0.717) is 5.56 Å². The molecule has 0 aliphatic carbocycles. The fraction of sp³-hybridized carbons (Fsp3) is 0.133. The second-order valence-corrected chi connectivity index (χ2v) is 6.26. The smallest absolute Gasteiger partial charge is 0.256 e. The quantitative estimate of drug-likeness (QED) is 0.825. The van der Waals surface area contributed by atoms with Crippen LogP contribution in [0.5, 0.6) is 0 Å². The number of amides is 1. The largest absolute Gasteiger partial charge is 0.376 e. The second kappa shape index (κ2) is 6.41. The molecule has 0 saturated heterocycles. The van der Waals surface area contributed by atoms with Gasteiger partial charge in [0.05, 0.1) is 16.9 Å². The lowest BCUT2D eigenvalue weighted by Crippen LogP contribution is -2.17. The molecule has 0 aliphatic rings. The molecule has 20 heavy (non-hydrogen) atoms. The van der Waals surface area contributed by atoms with Gasteiger partial charge < -0.3 is 10.2 Å². The molecule has 2 aromatic carbocycles. The number of hydrogen-bond acceptors (Lipinski definition) is 2. The normalized spacial score (nSPS) is 10.2. The molecule has 0 aliphatic heterocycles. The highest BCUT2D eigenvalue weighted by molar-refractivity contribution is 9.10. The van der Waals surface area contributed by atoms with Crippen molar-refractivity contribution in [2.75, 3.05) is 24.3 Å². The number of rotatable bonds is 3. The predicted molar refractivity (Wildman–Crippen MR) is 90.6 cm³/mol. The number of nitrogens with one attached hydrogen (secondary N) is 1. The molecule has 2 aromatic rings. The van der Waals surface area contributed by atoms with Gasteiger partial charge in [-0.2, -0.15) is 0 Å². The fourth-order valence-electron chi connectivity index (χ4n) is 1.83. The van der Waals surface area contributed by atoms with Gasteiger partial charge in [0.25, 0.3) is 5.91 Å². The minimum absolute atomic E-state index is 0.140. The Labute approximate surface area is 135 Å². The molecule has 0 saturated carbocycles. The number of nitrogens with zero attached hydrogens (tertiary/aromatic N) is 1. The number of benzene rings is 2. The number of halogens is 2. The van der Waals surface area contributed by atoms with E-state index in [4.69, 9.17) is 0 Å². The van der Waals surface area contributed by atoms with Crippen LogP contribution in [0.25, 0.3) is 0 Å². The summed E-state index contributed by atoms with van der Waals surface area (Å²) in [5.41, 5.74) is 2.33. The predicted octanol–water partition coefficient (Wildman–Crippen LogP) is 4.53. The van der Waals surface area contributed by atoms with Gasteiger partial charge >= 0.3 is 0 Å². The van der Waals surface area contributed by atoms with Crippen molar-refractivity contribution < 1.29 is 4.79 Å². The van der Waals surface area contributed by atoms with E-state index < -0.39 is 0 Å². The standard InChI is InChI=1S/C15H14Br2N2O/c1-19(2)14-8-7-10(16)9-13(14)18-15(20)11-5-3-4-6-12(11)17/h3-9H,1-2H3,(H,18,20). The Bertz CT molecular complexity index is 642. The lowest BCUT2D eigenvalue weighted by Gasteiger charge is -2.18. The van der Waals surface area contributed by atoms with Crippen molar-refractivity contribution in [3.8, 4) is 0 Å². The Hall–Kier alpha value is -1.33. The zero-order chi connectivity index (χ0) is 14.7. The van der Waals surface area contributed by atoms with E-state index in [2.05, 4.69) is 37.2 Å². The van der Waals surface area contributed by atoms with Crippen LogP contribution in [0.1, 0.15) is 10.4 Å². The summed E-state index contributed by atoms with van der Waals surface area (Å²) in [7, 11) is 3.88. The number of carbonyl (C=O) groups excluding carboxylic acids is 1. The van der Waals surface area contributed by atoms with E-state index in [1.165, 1.54) is 0 Å². The molecule has 0 spiro atoms. The summed E-state index contributed by atoms with van der Waals surface area (Å²) in [5, 5.41) is 2.95. The summed E-state index contributed by atoms with van der Waals surface area (Å²) in [6.45, 7) is 0. The Morgan fingerprint density at radius 3 is 2.45 bits per heavy atom. The van der Waals surface area contributed by atoms with Crippen LogP contribution in [0.3, 0.4) is 0 Å². The Morgan fingerprint density at radius 2 is 1.80 bits per heavy atom. The molecule has 1 N–H and O–H groups in total. The van der Waals surface area contributed by atoms with Crippen molar-refractivity contribution in [1.82, 2.24) is 0 Å². The maximum atomic E-state index is 12.3. The Kier molecular flexibility index (Phi) is 4.83. The summed E-state index contributed by atoms with van der Waals surface area (Å²) < 4.78 is 1.70. The molecule has 2 rings (SSSR count). The monoisotopic (exact) mass is 396 g/mol. The van der Waals surface area contributed by atoms with Gasteiger partial charge in [0.15, 0.2) is 0 Å². The van der Waals surface area contributed by atoms with E-state index in [1.807, 2.05) is 55.4 Å². The summed E-state index contributed by atoms with van der Waals surface area (Å²) in [4.78, 5) is 14.3. The molecule has 1 amide bonds. The molecule has 0 aromatic heterocycles. The summed E-state index contributed by atoms with van der Waals surface area (Å²) in [5.74, 6) is -0.140. The highest BCUT2D eigenvalue weighted by Crippen LogP contribution is 2.29. The first-order valence-corrected chi connectivity index (χ1v) is 7.60. The van der Waals surface area contributed by atoms with Crippen LogP contribution in [0.15, 0.2) is 51.4 Å². The van der Waals surface area contributed by atoms with Crippen molar-refractivity contribution >= 4 is 49.1 Å². The van der Waals surface area contributed by atoms with E-state index in [1.54, 1.807) is 6.07 Å². The van der Waals surface area contributed by atoms with E-state index >= 15 is 0 Å². The van der Waals surface area contributed by atoms with Crippen LogP contribution in [-0.2, 0) is 0 Å². The molecule has 0 atom stereocenters. The second-order valence-electron chi connectivity index (χ2n) is 4.49. The van der Waals surface area contributed by atoms with Gasteiger partial charge in [-0.1, -0.05) is 28.1 Å². The van der Waals surface area contributed by atoms with Crippen molar-refractivity contribution in [2.24, 2.45) is 0 Å². The maximum absolute atomic E-state index is 12.3. The third kappa shape index (κ3) is 3.41. The van der Waals surface area contributed by atoms with Gasteiger partial charge in [-0.25, -0.2) is 0 Å². The molecule has 0 fully saturated rings. The average Bonchev–Trinajstić information content (AvgIpc) is 2.38. The molecule has 3 nitrogen and oxygen atoms in total. The van der Waals surface area contributed by atoms with Crippen LogP contribution >= 0.6 is 31.9 Å². The lowest BCUT2D eigenvalue weighted by molar-refractivity contribution is 0.102. The summed E-state index contributed by atoms with van der Waals surface area (Å²) in [6.07, 6.45) is 0. The van der Waals surface area contributed by atoms with Gasteiger partial charge in [-0.15, -0.1) is 0 Å². The first kappa shape index (κ1) is 15.1. The van der Waals surface area contributed by atoms with Crippen LogP contribution in [0.4, 0.5) is 11.4 Å². The molecular weight excluding hydrogens is 384 g/mol. The number of carbonyl (C=O) groups is 1. The number of hydrogen-bond donors (Lipinski definition) is 1. The number of anilines is 2. The van der Waals surface area contributed by atoms with Crippen LogP contribution < -0.4 is 10.2 Å². The highest BCUT2D eigenvalue weighted by atomic mass is 79.9. The van der Waals surface area contributed by atoms with E-state index in [-0.39, 0.29) is 5.91 Å². The molecule has 5 heteroatoms. The minimum Gasteiger partial charge on any atom is -0.376 e. The first-order chi connectivity index (χ1) is 9.49. The van der Waals surface area contributed by atoms with Gasteiger partial charge in [-0.3, -0.25) is 4.79 Å². The van der Waals surface area contributed by atoms with Crippen LogP contribution in [0, 0.1) is 0 Å². The maximum Gasteiger partial charge on any atom is 0.256 e. The third-order valence-electron chi connectivity index (χ3n) is 2.81. The molecule has 0 bridgehead atoms. The van der Waals surface area contributed by atoms with Crippen molar-refractivity contribution in [2.45, 2.75) is 0 Å². The fourth-order valence-corrected chi connectivity index (χ4v) is 2.66. The molecule has 104 valence electrons. The first-order valence-electron chi connectivity index (χ1n) is 6.02. The molecule has 0 radical (unpaired) electrons. The zero-order valence-electron chi connectivity index (χ0n) is 11.2. The van der Waals surface area contributed by atoms with Crippen LogP contribution in [0.2, 0.25) is 0 Å². The van der Waals surface area contributed by atoms with E-state index in [0.717, 1.165) is 20.3 Å². The molecule has 0 heterocycles.